The number of hydrogen-bond donors (Lipinski definition) is 1. The largest absolute Gasteiger partial charge is 0.441 e. The number of likely N-dealkylation sites (N-methyl/N-ethyl adjacent to an activating group) is 1. The smallest absolute Gasteiger partial charge is 0.197 e. The molecule has 1 N–H and O–H groups in total. The predicted octanol–water partition coefficient (Wildman–Crippen LogP) is 3.54. The third kappa shape index (κ3) is 2.81. The van der Waals surface area contributed by atoms with Gasteiger partial charge in [0.05, 0.1) is 0 Å². The van der Waals surface area contributed by atoms with Crippen LogP contribution in [0, 0.1) is 5.92 Å². The zero-order valence-corrected chi connectivity index (χ0v) is 11.6. The van der Waals surface area contributed by atoms with Gasteiger partial charge in [0, 0.05) is 12.5 Å². The maximum absolute atomic E-state index is 5.84. The standard InChI is InChI=1S/C16H22N2O/c1-17-14(12-7-3-2-4-8-12)11-16-18-13-9-5-6-10-15(13)19-16/h5-6,9-10,12,14,17H,2-4,7-8,11H2,1H3. The van der Waals surface area contributed by atoms with Crippen molar-refractivity contribution in [3.63, 3.8) is 0 Å². The van der Waals surface area contributed by atoms with Gasteiger partial charge in [-0.25, -0.2) is 4.98 Å². The van der Waals surface area contributed by atoms with Gasteiger partial charge < -0.3 is 9.73 Å². The molecule has 1 fully saturated rings. The van der Waals surface area contributed by atoms with Crippen LogP contribution in [0.5, 0.6) is 0 Å². The van der Waals surface area contributed by atoms with Crippen molar-refractivity contribution in [3.8, 4) is 0 Å². The summed E-state index contributed by atoms with van der Waals surface area (Å²) in [6.45, 7) is 0. The molecular formula is C16H22N2O. The lowest BCUT2D eigenvalue weighted by molar-refractivity contribution is 0.267. The maximum atomic E-state index is 5.84. The Morgan fingerprint density at radius 1 is 1.26 bits per heavy atom. The number of oxazole rings is 1. The van der Waals surface area contributed by atoms with Crippen molar-refractivity contribution in [2.24, 2.45) is 5.92 Å². The summed E-state index contributed by atoms with van der Waals surface area (Å²) in [7, 11) is 2.06. The molecule has 1 aromatic carbocycles. The van der Waals surface area contributed by atoms with Crippen LogP contribution < -0.4 is 5.32 Å². The van der Waals surface area contributed by atoms with Crippen molar-refractivity contribution < 1.29 is 4.42 Å². The average Bonchev–Trinajstić information content (AvgIpc) is 2.88. The first-order valence-electron chi connectivity index (χ1n) is 7.38. The number of para-hydroxylation sites is 2. The van der Waals surface area contributed by atoms with E-state index in [1.165, 1.54) is 32.1 Å². The number of nitrogens with zero attached hydrogens (tertiary/aromatic N) is 1. The number of fused-ring (bicyclic) bond motifs is 1. The quantitative estimate of drug-likeness (QED) is 0.911. The first-order valence-corrected chi connectivity index (χ1v) is 7.38. The van der Waals surface area contributed by atoms with E-state index in [0.717, 1.165) is 29.3 Å². The summed E-state index contributed by atoms with van der Waals surface area (Å²) >= 11 is 0. The van der Waals surface area contributed by atoms with Gasteiger partial charge in [0.2, 0.25) is 0 Å². The van der Waals surface area contributed by atoms with Gasteiger partial charge >= 0.3 is 0 Å². The lowest BCUT2D eigenvalue weighted by atomic mass is 9.83. The van der Waals surface area contributed by atoms with E-state index in [-0.39, 0.29) is 0 Å². The fraction of sp³-hybridized carbons (Fsp3) is 0.562. The summed E-state index contributed by atoms with van der Waals surface area (Å²) in [5, 5.41) is 3.46. The molecule has 102 valence electrons. The highest BCUT2D eigenvalue weighted by molar-refractivity contribution is 5.72. The molecule has 0 amide bonds. The lowest BCUT2D eigenvalue weighted by Crippen LogP contribution is -2.36. The third-order valence-corrected chi connectivity index (χ3v) is 4.32. The molecule has 0 saturated heterocycles. The normalized spacial score (nSPS) is 18.8. The number of benzene rings is 1. The molecule has 1 aliphatic carbocycles. The highest BCUT2D eigenvalue weighted by Gasteiger charge is 2.24. The Kier molecular flexibility index (Phi) is 3.83. The van der Waals surface area contributed by atoms with Crippen molar-refractivity contribution >= 4 is 11.1 Å². The molecule has 1 aliphatic rings. The Hall–Kier alpha value is -1.35. The molecule has 0 radical (unpaired) electrons. The zero-order valence-electron chi connectivity index (χ0n) is 11.6. The fourth-order valence-electron chi connectivity index (χ4n) is 3.24. The van der Waals surface area contributed by atoms with Crippen molar-refractivity contribution in [2.75, 3.05) is 7.05 Å². The number of rotatable bonds is 4. The highest BCUT2D eigenvalue weighted by Crippen LogP contribution is 2.28. The first kappa shape index (κ1) is 12.7. The van der Waals surface area contributed by atoms with Crippen LogP contribution in [0.15, 0.2) is 28.7 Å². The summed E-state index contributed by atoms with van der Waals surface area (Å²) in [4.78, 5) is 4.59. The Bertz CT molecular complexity index is 495. The van der Waals surface area contributed by atoms with Crippen molar-refractivity contribution in [3.05, 3.63) is 30.2 Å². The molecule has 3 nitrogen and oxygen atoms in total. The van der Waals surface area contributed by atoms with Crippen LogP contribution in [-0.4, -0.2) is 18.1 Å². The highest BCUT2D eigenvalue weighted by atomic mass is 16.3. The van der Waals surface area contributed by atoms with Crippen LogP contribution in [-0.2, 0) is 6.42 Å². The van der Waals surface area contributed by atoms with Gasteiger partial charge in [0.25, 0.3) is 0 Å². The van der Waals surface area contributed by atoms with Gasteiger partial charge in [0.15, 0.2) is 11.5 Å². The molecule has 19 heavy (non-hydrogen) atoms. The zero-order chi connectivity index (χ0) is 13.1. The monoisotopic (exact) mass is 258 g/mol. The molecule has 0 bridgehead atoms. The molecule has 1 unspecified atom stereocenters. The maximum Gasteiger partial charge on any atom is 0.197 e. The topological polar surface area (TPSA) is 38.1 Å². The molecule has 0 spiro atoms. The lowest BCUT2D eigenvalue weighted by Gasteiger charge is -2.29. The van der Waals surface area contributed by atoms with E-state index in [2.05, 4.69) is 17.3 Å². The SMILES string of the molecule is CNC(Cc1nc2ccccc2o1)C1CCCCC1. The molecule has 1 saturated carbocycles. The summed E-state index contributed by atoms with van der Waals surface area (Å²) in [5.41, 5.74) is 1.87. The summed E-state index contributed by atoms with van der Waals surface area (Å²) in [5.74, 6) is 1.64. The minimum atomic E-state index is 0.494. The first-order chi connectivity index (χ1) is 9.36. The van der Waals surface area contributed by atoms with E-state index in [1.54, 1.807) is 0 Å². The molecule has 1 heterocycles. The molecule has 1 aromatic heterocycles. The second kappa shape index (κ2) is 5.74. The molecule has 2 aromatic rings. The predicted molar refractivity (Wildman–Crippen MR) is 77.1 cm³/mol. The summed E-state index contributed by atoms with van der Waals surface area (Å²) in [6.07, 6.45) is 7.72. The van der Waals surface area contributed by atoms with Crippen molar-refractivity contribution in [1.29, 1.82) is 0 Å². The van der Waals surface area contributed by atoms with E-state index in [4.69, 9.17) is 4.42 Å². The molecule has 3 heteroatoms. The molecule has 3 rings (SSSR count). The Labute approximate surface area is 114 Å². The van der Waals surface area contributed by atoms with Crippen molar-refractivity contribution in [2.45, 2.75) is 44.6 Å². The van der Waals surface area contributed by atoms with Gasteiger partial charge in [0.1, 0.15) is 5.52 Å². The minimum absolute atomic E-state index is 0.494. The molecule has 1 atom stereocenters. The Morgan fingerprint density at radius 3 is 2.79 bits per heavy atom. The van der Waals surface area contributed by atoms with Crippen LogP contribution in [0.25, 0.3) is 11.1 Å². The van der Waals surface area contributed by atoms with Crippen LogP contribution in [0.4, 0.5) is 0 Å². The summed E-state index contributed by atoms with van der Waals surface area (Å²) in [6, 6.07) is 8.49. The van der Waals surface area contributed by atoms with Gasteiger partial charge in [-0.15, -0.1) is 0 Å². The fourth-order valence-corrected chi connectivity index (χ4v) is 3.24. The number of aromatic nitrogens is 1. The van der Waals surface area contributed by atoms with E-state index < -0.39 is 0 Å². The van der Waals surface area contributed by atoms with E-state index in [1.807, 2.05) is 24.3 Å². The Balaban J connectivity index is 1.74. The van der Waals surface area contributed by atoms with E-state index >= 15 is 0 Å². The minimum Gasteiger partial charge on any atom is -0.441 e. The van der Waals surface area contributed by atoms with E-state index in [0.29, 0.717) is 6.04 Å². The van der Waals surface area contributed by atoms with Crippen molar-refractivity contribution in [1.82, 2.24) is 10.3 Å². The Morgan fingerprint density at radius 2 is 2.05 bits per heavy atom. The van der Waals surface area contributed by atoms with Gasteiger partial charge in [-0.1, -0.05) is 31.4 Å². The molecule has 0 aliphatic heterocycles. The van der Waals surface area contributed by atoms with Gasteiger partial charge in [-0.05, 0) is 37.9 Å². The van der Waals surface area contributed by atoms with Crippen LogP contribution >= 0.6 is 0 Å². The average molecular weight is 258 g/mol. The second-order valence-electron chi connectivity index (χ2n) is 5.57. The van der Waals surface area contributed by atoms with Gasteiger partial charge in [-0.2, -0.15) is 0 Å². The second-order valence-corrected chi connectivity index (χ2v) is 5.57. The van der Waals surface area contributed by atoms with E-state index in [9.17, 15) is 0 Å². The van der Waals surface area contributed by atoms with Gasteiger partial charge in [-0.3, -0.25) is 0 Å². The third-order valence-electron chi connectivity index (χ3n) is 4.32. The van der Waals surface area contributed by atoms with Crippen LogP contribution in [0.2, 0.25) is 0 Å². The van der Waals surface area contributed by atoms with Crippen LogP contribution in [0.1, 0.15) is 38.0 Å². The number of nitrogens with one attached hydrogen (secondary N) is 1. The summed E-state index contributed by atoms with van der Waals surface area (Å²) < 4.78 is 5.84. The number of hydrogen-bond acceptors (Lipinski definition) is 3. The van der Waals surface area contributed by atoms with Crippen LogP contribution in [0.3, 0.4) is 0 Å². The molecular weight excluding hydrogens is 236 g/mol.